The SMILES string of the molecule is N#Cc1ccc([N+]2=Cc3cccc4ccn(c34)C2)cc1. The van der Waals surface area contributed by atoms with Crippen LogP contribution in [0.1, 0.15) is 11.1 Å². The van der Waals surface area contributed by atoms with Crippen LogP contribution in [0.15, 0.2) is 54.7 Å². The normalized spacial score (nSPS) is 13.1. The third-order valence-corrected chi connectivity index (χ3v) is 3.75. The summed E-state index contributed by atoms with van der Waals surface area (Å²) in [5, 5.41) is 10.1. The zero-order chi connectivity index (χ0) is 13.5. The van der Waals surface area contributed by atoms with E-state index in [0.29, 0.717) is 5.56 Å². The summed E-state index contributed by atoms with van der Waals surface area (Å²) in [6.45, 7) is 0.798. The molecular formula is C17H12N3+. The van der Waals surface area contributed by atoms with Crippen molar-refractivity contribution in [3.8, 4) is 6.07 Å². The van der Waals surface area contributed by atoms with Crippen LogP contribution in [0.25, 0.3) is 10.9 Å². The number of para-hydroxylation sites is 1. The van der Waals surface area contributed by atoms with Gasteiger partial charge >= 0.3 is 0 Å². The third kappa shape index (κ3) is 1.55. The van der Waals surface area contributed by atoms with Crippen molar-refractivity contribution in [3.63, 3.8) is 0 Å². The standard InChI is InChI=1S/C17H12N3/c18-10-13-4-6-16(7-5-13)20-11-15-3-1-2-14-8-9-19(12-20)17(14)15/h1-9,11H,12H2/q+1. The van der Waals surface area contributed by atoms with Crippen molar-refractivity contribution in [3.05, 3.63) is 65.9 Å². The van der Waals surface area contributed by atoms with Crippen LogP contribution in [-0.4, -0.2) is 15.4 Å². The molecule has 2 heterocycles. The third-order valence-electron chi connectivity index (χ3n) is 3.75. The smallest absolute Gasteiger partial charge is 0.228 e. The number of benzene rings is 2. The second-order valence-corrected chi connectivity index (χ2v) is 4.97. The van der Waals surface area contributed by atoms with Crippen molar-refractivity contribution < 1.29 is 4.58 Å². The van der Waals surface area contributed by atoms with Crippen LogP contribution >= 0.6 is 0 Å². The monoisotopic (exact) mass is 258 g/mol. The number of nitrogens with zero attached hydrogens (tertiary/aromatic N) is 3. The highest BCUT2D eigenvalue weighted by Crippen LogP contribution is 2.24. The lowest BCUT2D eigenvalue weighted by molar-refractivity contribution is -0.471. The summed E-state index contributed by atoms with van der Waals surface area (Å²) < 4.78 is 4.45. The summed E-state index contributed by atoms with van der Waals surface area (Å²) in [7, 11) is 0. The van der Waals surface area contributed by atoms with Gasteiger partial charge in [0.2, 0.25) is 12.4 Å². The predicted octanol–water partition coefficient (Wildman–Crippen LogP) is 3.25. The highest BCUT2D eigenvalue weighted by Gasteiger charge is 2.19. The molecule has 3 aromatic rings. The van der Waals surface area contributed by atoms with Gasteiger partial charge in [-0.3, -0.25) is 4.57 Å². The van der Waals surface area contributed by atoms with Gasteiger partial charge in [0.15, 0.2) is 6.21 Å². The second kappa shape index (κ2) is 4.07. The molecule has 0 amide bonds. The lowest BCUT2D eigenvalue weighted by Gasteiger charge is -2.12. The van der Waals surface area contributed by atoms with Crippen molar-refractivity contribution in [1.29, 1.82) is 5.26 Å². The topological polar surface area (TPSA) is 31.7 Å². The van der Waals surface area contributed by atoms with E-state index in [9.17, 15) is 0 Å². The Morgan fingerprint density at radius 3 is 2.70 bits per heavy atom. The summed E-state index contributed by atoms with van der Waals surface area (Å²) in [6, 6.07) is 18.3. The van der Waals surface area contributed by atoms with Gasteiger partial charge in [-0.15, -0.1) is 0 Å². The Hall–Kier alpha value is -2.86. The molecule has 0 fully saturated rings. The van der Waals surface area contributed by atoms with Gasteiger partial charge in [-0.05, 0) is 24.3 Å². The number of rotatable bonds is 1. The molecule has 0 saturated heterocycles. The van der Waals surface area contributed by atoms with E-state index in [2.05, 4.69) is 51.9 Å². The van der Waals surface area contributed by atoms with Crippen LogP contribution < -0.4 is 0 Å². The lowest BCUT2D eigenvalue weighted by Crippen LogP contribution is -2.18. The van der Waals surface area contributed by atoms with Gasteiger partial charge in [-0.2, -0.15) is 9.84 Å². The molecule has 3 nitrogen and oxygen atoms in total. The largest absolute Gasteiger partial charge is 0.291 e. The van der Waals surface area contributed by atoms with Crippen LogP contribution in [0.5, 0.6) is 0 Å². The molecule has 1 aliphatic rings. The van der Waals surface area contributed by atoms with Gasteiger partial charge in [0, 0.05) is 23.7 Å². The summed E-state index contributed by atoms with van der Waals surface area (Å²) in [5.41, 5.74) is 4.30. The van der Waals surface area contributed by atoms with Crippen molar-refractivity contribution in [2.75, 3.05) is 0 Å². The van der Waals surface area contributed by atoms with E-state index in [-0.39, 0.29) is 0 Å². The highest BCUT2D eigenvalue weighted by atomic mass is 15.2. The van der Waals surface area contributed by atoms with E-state index >= 15 is 0 Å². The van der Waals surface area contributed by atoms with Crippen LogP contribution in [0.4, 0.5) is 5.69 Å². The highest BCUT2D eigenvalue weighted by molar-refractivity contribution is 5.97. The van der Waals surface area contributed by atoms with Crippen molar-refractivity contribution in [2.24, 2.45) is 0 Å². The Balaban J connectivity index is 1.85. The van der Waals surface area contributed by atoms with Gasteiger partial charge in [-0.25, -0.2) is 0 Å². The minimum atomic E-state index is 0.689. The molecule has 0 aliphatic carbocycles. The first-order valence-corrected chi connectivity index (χ1v) is 6.55. The van der Waals surface area contributed by atoms with E-state index in [1.54, 1.807) is 0 Å². The number of hydrogen-bond acceptors (Lipinski definition) is 1. The Morgan fingerprint density at radius 1 is 1.05 bits per heavy atom. The van der Waals surface area contributed by atoms with E-state index in [1.807, 2.05) is 24.3 Å². The lowest BCUT2D eigenvalue weighted by atomic mass is 10.1. The first kappa shape index (κ1) is 11.0. The summed E-state index contributed by atoms with van der Waals surface area (Å²) in [6.07, 6.45) is 4.29. The van der Waals surface area contributed by atoms with Gasteiger partial charge < -0.3 is 0 Å². The molecule has 1 aliphatic heterocycles. The predicted molar refractivity (Wildman–Crippen MR) is 78.2 cm³/mol. The fraction of sp³-hybridized carbons (Fsp3) is 0.0588. The molecular weight excluding hydrogens is 246 g/mol. The molecule has 1 aromatic heterocycles. The number of aromatic nitrogens is 1. The van der Waals surface area contributed by atoms with Gasteiger partial charge in [0.1, 0.15) is 0 Å². The van der Waals surface area contributed by atoms with E-state index in [0.717, 1.165) is 12.4 Å². The van der Waals surface area contributed by atoms with Gasteiger partial charge in [0.05, 0.1) is 22.7 Å². The molecule has 0 spiro atoms. The Kier molecular flexibility index (Phi) is 2.24. The van der Waals surface area contributed by atoms with Crippen molar-refractivity contribution in [2.45, 2.75) is 6.67 Å². The fourth-order valence-electron chi connectivity index (χ4n) is 2.77. The first-order chi connectivity index (χ1) is 9.85. The maximum atomic E-state index is 8.87. The van der Waals surface area contributed by atoms with Crippen LogP contribution in [0.2, 0.25) is 0 Å². The number of nitriles is 1. The zero-order valence-corrected chi connectivity index (χ0v) is 10.8. The molecule has 94 valence electrons. The first-order valence-electron chi connectivity index (χ1n) is 6.55. The fourth-order valence-corrected chi connectivity index (χ4v) is 2.77. The molecule has 0 saturated carbocycles. The maximum Gasteiger partial charge on any atom is 0.228 e. The Labute approximate surface area is 116 Å². The molecule has 3 heteroatoms. The minimum absolute atomic E-state index is 0.689. The molecule has 0 unspecified atom stereocenters. The Morgan fingerprint density at radius 2 is 1.90 bits per heavy atom. The average molecular weight is 258 g/mol. The van der Waals surface area contributed by atoms with Crippen LogP contribution in [0.3, 0.4) is 0 Å². The van der Waals surface area contributed by atoms with E-state index in [4.69, 9.17) is 5.26 Å². The summed E-state index contributed by atoms with van der Waals surface area (Å²) in [5.74, 6) is 0. The van der Waals surface area contributed by atoms with Crippen molar-refractivity contribution in [1.82, 2.24) is 4.57 Å². The van der Waals surface area contributed by atoms with Gasteiger partial charge in [-0.1, -0.05) is 12.1 Å². The molecule has 4 rings (SSSR count). The minimum Gasteiger partial charge on any atom is -0.291 e. The Bertz CT molecular complexity index is 877. The molecule has 0 N–H and O–H groups in total. The van der Waals surface area contributed by atoms with Gasteiger partial charge in [0.25, 0.3) is 0 Å². The van der Waals surface area contributed by atoms with Crippen LogP contribution in [-0.2, 0) is 6.67 Å². The average Bonchev–Trinajstić information content (AvgIpc) is 2.92. The maximum absolute atomic E-state index is 8.87. The number of hydrogen-bond donors (Lipinski definition) is 0. The molecule has 2 aromatic carbocycles. The summed E-state index contributed by atoms with van der Waals surface area (Å²) >= 11 is 0. The van der Waals surface area contributed by atoms with E-state index < -0.39 is 0 Å². The molecule has 0 radical (unpaired) electrons. The molecule has 0 atom stereocenters. The summed E-state index contributed by atoms with van der Waals surface area (Å²) in [4.78, 5) is 0. The molecule has 0 bridgehead atoms. The van der Waals surface area contributed by atoms with Crippen molar-refractivity contribution >= 4 is 22.8 Å². The quantitative estimate of drug-likeness (QED) is 0.616. The van der Waals surface area contributed by atoms with E-state index in [1.165, 1.54) is 16.5 Å². The molecule has 20 heavy (non-hydrogen) atoms. The second-order valence-electron chi connectivity index (χ2n) is 4.97. The van der Waals surface area contributed by atoms with Crippen LogP contribution in [0, 0.1) is 11.3 Å². The zero-order valence-electron chi connectivity index (χ0n) is 10.8.